The molecule has 0 saturated carbocycles. The summed E-state index contributed by atoms with van der Waals surface area (Å²) in [4.78, 5) is 11.7. The minimum Gasteiger partial charge on any atom is -0.411 e. The molecule has 0 amide bonds. The fourth-order valence-electron chi connectivity index (χ4n) is 1.23. The molecule has 0 aliphatic heterocycles. The number of carbonyl (C=O) groups excluding carboxylic acids is 1. The molecule has 0 saturated heterocycles. The Morgan fingerprint density at radius 3 is 2.86 bits per heavy atom. The molecule has 1 aromatic rings. The van der Waals surface area contributed by atoms with Crippen LogP contribution in [0.4, 0.5) is 0 Å². The SMILES string of the molecule is Cc1cccc(C(=O)C(C)C=NO)c1. The van der Waals surface area contributed by atoms with Crippen molar-refractivity contribution in [3.05, 3.63) is 35.4 Å². The number of hydrogen-bond donors (Lipinski definition) is 1. The van der Waals surface area contributed by atoms with E-state index < -0.39 is 0 Å². The third kappa shape index (κ3) is 2.42. The summed E-state index contributed by atoms with van der Waals surface area (Å²) in [7, 11) is 0. The lowest BCUT2D eigenvalue weighted by Crippen LogP contribution is -2.12. The molecule has 0 aromatic heterocycles. The van der Waals surface area contributed by atoms with Gasteiger partial charge in [-0.1, -0.05) is 23.8 Å². The number of oxime groups is 1. The molecule has 0 bridgehead atoms. The minimum absolute atomic E-state index is 0.0356. The highest BCUT2D eigenvalue weighted by molar-refractivity contribution is 6.05. The molecule has 0 radical (unpaired) electrons. The van der Waals surface area contributed by atoms with Gasteiger partial charge in [0, 0.05) is 5.56 Å². The van der Waals surface area contributed by atoms with Crippen molar-refractivity contribution in [3.63, 3.8) is 0 Å². The zero-order chi connectivity index (χ0) is 10.6. The van der Waals surface area contributed by atoms with E-state index >= 15 is 0 Å². The smallest absolute Gasteiger partial charge is 0.171 e. The van der Waals surface area contributed by atoms with E-state index in [4.69, 9.17) is 5.21 Å². The number of hydrogen-bond acceptors (Lipinski definition) is 3. The molecule has 0 aliphatic carbocycles. The van der Waals surface area contributed by atoms with E-state index in [-0.39, 0.29) is 11.7 Å². The first-order valence-corrected chi connectivity index (χ1v) is 4.43. The van der Waals surface area contributed by atoms with Crippen molar-refractivity contribution in [2.75, 3.05) is 0 Å². The van der Waals surface area contributed by atoms with Crippen LogP contribution in [0.25, 0.3) is 0 Å². The fraction of sp³-hybridized carbons (Fsp3) is 0.273. The average Bonchev–Trinajstić information content (AvgIpc) is 2.17. The molecule has 1 N–H and O–H groups in total. The second-order valence-corrected chi connectivity index (χ2v) is 3.29. The summed E-state index contributed by atoms with van der Waals surface area (Å²) in [5.41, 5.74) is 1.70. The molecular weight excluding hydrogens is 178 g/mol. The van der Waals surface area contributed by atoms with Crippen LogP contribution in [0.3, 0.4) is 0 Å². The van der Waals surface area contributed by atoms with Gasteiger partial charge in [-0.2, -0.15) is 0 Å². The van der Waals surface area contributed by atoms with Gasteiger partial charge in [-0.25, -0.2) is 0 Å². The maximum Gasteiger partial charge on any atom is 0.171 e. The largest absolute Gasteiger partial charge is 0.411 e. The third-order valence-corrected chi connectivity index (χ3v) is 2.01. The molecule has 0 spiro atoms. The normalized spacial score (nSPS) is 13.0. The second-order valence-electron chi connectivity index (χ2n) is 3.29. The Labute approximate surface area is 83.1 Å². The molecule has 3 nitrogen and oxygen atoms in total. The molecule has 0 aliphatic rings. The summed E-state index contributed by atoms with van der Waals surface area (Å²) in [5, 5.41) is 11.2. The molecule has 0 fully saturated rings. The zero-order valence-electron chi connectivity index (χ0n) is 8.27. The molecular formula is C11H13NO2. The Hall–Kier alpha value is -1.64. The molecule has 1 aromatic carbocycles. The van der Waals surface area contributed by atoms with Crippen LogP contribution in [0.1, 0.15) is 22.8 Å². The summed E-state index contributed by atoms with van der Waals surface area (Å²) in [5.74, 6) is -0.423. The topological polar surface area (TPSA) is 49.7 Å². The van der Waals surface area contributed by atoms with Crippen LogP contribution in [0, 0.1) is 12.8 Å². The number of rotatable bonds is 3. The minimum atomic E-state index is -0.387. The number of ketones is 1. The van der Waals surface area contributed by atoms with Gasteiger partial charge < -0.3 is 5.21 Å². The first-order chi connectivity index (χ1) is 6.65. The molecule has 1 unspecified atom stereocenters. The van der Waals surface area contributed by atoms with Crippen molar-refractivity contribution in [2.45, 2.75) is 13.8 Å². The summed E-state index contributed by atoms with van der Waals surface area (Å²) in [6, 6.07) is 7.36. The molecule has 3 heteroatoms. The maximum absolute atomic E-state index is 11.7. The Balaban J connectivity index is 2.89. The van der Waals surface area contributed by atoms with Crippen molar-refractivity contribution in [1.82, 2.24) is 0 Å². The number of aryl methyl sites for hydroxylation is 1. The number of benzene rings is 1. The van der Waals surface area contributed by atoms with Gasteiger partial charge in [0.2, 0.25) is 0 Å². The molecule has 14 heavy (non-hydrogen) atoms. The van der Waals surface area contributed by atoms with Gasteiger partial charge in [-0.05, 0) is 19.9 Å². The third-order valence-electron chi connectivity index (χ3n) is 2.01. The number of nitrogens with zero attached hydrogens (tertiary/aromatic N) is 1. The van der Waals surface area contributed by atoms with Crippen molar-refractivity contribution in [3.8, 4) is 0 Å². The van der Waals surface area contributed by atoms with E-state index in [1.54, 1.807) is 13.0 Å². The van der Waals surface area contributed by atoms with E-state index in [0.717, 1.165) is 5.56 Å². The van der Waals surface area contributed by atoms with Crippen molar-refractivity contribution in [2.24, 2.45) is 11.1 Å². The fourth-order valence-corrected chi connectivity index (χ4v) is 1.23. The predicted molar refractivity (Wildman–Crippen MR) is 55.0 cm³/mol. The lowest BCUT2D eigenvalue weighted by molar-refractivity contribution is 0.0962. The van der Waals surface area contributed by atoms with Crippen LogP contribution in [-0.4, -0.2) is 17.2 Å². The van der Waals surface area contributed by atoms with Crippen LogP contribution in [-0.2, 0) is 0 Å². The Kier molecular flexibility index (Phi) is 3.40. The molecule has 0 heterocycles. The van der Waals surface area contributed by atoms with Crippen LogP contribution in [0.5, 0.6) is 0 Å². The van der Waals surface area contributed by atoms with Gasteiger partial charge in [0.1, 0.15) is 0 Å². The summed E-state index contributed by atoms with van der Waals surface area (Å²) < 4.78 is 0. The van der Waals surface area contributed by atoms with Crippen molar-refractivity contribution in [1.29, 1.82) is 0 Å². The first kappa shape index (κ1) is 10.4. The highest BCUT2D eigenvalue weighted by atomic mass is 16.4. The van der Waals surface area contributed by atoms with Gasteiger partial charge in [0.05, 0.1) is 12.1 Å². The van der Waals surface area contributed by atoms with Crippen LogP contribution in [0.15, 0.2) is 29.4 Å². The molecule has 1 atom stereocenters. The molecule has 1 rings (SSSR count). The van der Waals surface area contributed by atoms with Gasteiger partial charge in [0.25, 0.3) is 0 Å². The predicted octanol–water partition coefficient (Wildman–Crippen LogP) is 2.27. The standard InChI is InChI=1S/C11H13NO2/c1-8-4-3-5-10(6-8)11(13)9(2)7-12-14/h3-7,9,14H,1-2H3. The van der Waals surface area contributed by atoms with E-state index in [2.05, 4.69) is 5.16 Å². The number of carbonyl (C=O) groups is 1. The zero-order valence-corrected chi connectivity index (χ0v) is 8.27. The van der Waals surface area contributed by atoms with Crippen molar-refractivity contribution >= 4 is 12.0 Å². The van der Waals surface area contributed by atoms with Crippen LogP contribution >= 0.6 is 0 Å². The average molecular weight is 191 g/mol. The van der Waals surface area contributed by atoms with Gasteiger partial charge >= 0.3 is 0 Å². The monoisotopic (exact) mass is 191 g/mol. The number of Topliss-reactive ketones (excluding diaryl/α,β-unsaturated/α-hetero) is 1. The van der Waals surface area contributed by atoms with Crippen LogP contribution < -0.4 is 0 Å². The Morgan fingerprint density at radius 2 is 2.29 bits per heavy atom. The Bertz CT molecular complexity index is 358. The Morgan fingerprint density at radius 1 is 1.57 bits per heavy atom. The van der Waals surface area contributed by atoms with Gasteiger partial charge in [-0.3, -0.25) is 4.79 Å². The molecule has 74 valence electrons. The van der Waals surface area contributed by atoms with E-state index in [1.165, 1.54) is 6.21 Å². The quantitative estimate of drug-likeness (QED) is 0.345. The lowest BCUT2D eigenvalue weighted by atomic mass is 9.99. The summed E-state index contributed by atoms with van der Waals surface area (Å²) in [6.45, 7) is 3.63. The van der Waals surface area contributed by atoms with E-state index in [1.807, 2.05) is 25.1 Å². The van der Waals surface area contributed by atoms with E-state index in [0.29, 0.717) is 5.56 Å². The second kappa shape index (κ2) is 4.56. The first-order valence-electron chi connectivity index (χ1n) is 4.43. The maximum atomic E-state index is 11.7. The van der Waals surface area contributed by atoms with Crippen molar-refractivity contribution < 1.29 is 10.0 Å². The van der Waals surface area contributed by atoms with Gasteiger partial charge in [-0.15, -0.1) is 5.16 Å². The summed E-state index contributed by atoms with van der Waals surface area (Å²) in [6.07, 6.45) is 1.23. The summed E-state index contributed by atoms with van der Waals surface area (Å²) >= 11 is 0. The lowest BCUT2D eigenvalue weighted by Gasteiger charge is -2.04. The van der Waals surface area contributed by atoms with Crippen LogP contribution in [0.2, 0.25) is 0 Å². The van der Waals surface area contributed by atoms with Gasteiger partial charge in [0.15, 0.2) is 5.78 Å². The van der Waals surface area contributed by atoms with E-state index in [9.17, 15) is 4.79 Å². The highest BCUT2D eigenvalue weighted by Gasteiger charge is 2.12. The highest BCUT2D eigenvalue weighted by Crippen LogP contribution is 2.09.